The lowest BCUT2D eigenvalue weighted by atomic mass is 10.1. The van der Waals surface area contributed by atoms with E-state index in [-0.39, 0.29) is 0 Å². The van der Waals surface area contributed by atoms with Crippen molar-refractivity contribution in [1.82, 2.24) is 0 Å². The predicted octanol–water partition coefficient (Wildman–Crippen LogP) is 3.70. The zero-order valence-corrected chi connectivity index (χ0v) is 10.8. The monoisotopic (exact) mass is 260 g/mol. The van der Waals surface area contributed by atoms with E-state index in [1.165, 1.54) is 0 Å². The standard InChI is InChI=1S/C12H14Cl2O2/c1-15-10-4-3-8(9-5-7(9)6-13)11(14)12(10)16-2/h3-4,7,9H,5-6H2,1-2H3. The van der Waals surface area contributed by atoms with Crippen LogP contribution in [0.3, 0.4) is 0 Å². The molecule has 0 bridgehead atoms. The molecule has 2 nitrogen and oxygen atoms in total. The predicted molar refractivity (Wildman–Crippen MR) is 66.1 cm³/mol. The van der Waals surface area contributed by atoms with Gasteiger partial charge in [0.2, 0.25) is 0 Å². The first-order valence-corrected chi connectivity index (χ1v) is 6.10. The first-order valence-electron chi connectivity index (χ1n) is 5.19. The number of methoxy groups -OCH3 is 2. The van der Waals surface area contributed by atoms with Crippen LogP contribution in [-0.4, -0.2) is 20.1 Å². The SMILES string of the molecule is COc1ccc(C2CC2CCl)c(Cl)c1OC. The summed E-state index contributed by atoms with van der Waals surface area (Å²) in [4.78, 5) is 0. The quantitative estimate of drug-likeness (QED) is 0.769. The molecule has 2 atom stereocenters. The zero-order chi connectivity index (χ0) is 11.7. The summed E-state index contributed by atoms with van der Waals surface area (Å²) in [5.74, 6) is 3.00. The van der Waals surface area contributed by atoms with Gasteiger partial charge in [0.05, 0.1) is 19.2 Å². The van der Waals surface area contributed by atoms with Crippen LogP contribution in [0.25, 0.3) is 0 Å². The molecule has 0 spiro atoms. The molecule has 1 saturated carbocycles. The van der Waals surface area contributed by atoms with Crippen LogP contribution in [0.1, 0.15) is 17.9 Å². The molecule has 2 rings (SSSR count). The van der Waals surface area contributed by atoms with Gasteiger partial charge in [0.1, 0.15) is 0 Å². The fraction of sp³-hybridized carbons (Fsp3) is 0.500. The van der Waals surface area contributed by atoms with Gasteiger partial charge in [0.15, 0.2) is 11.5 Å². The molecule has 16 heavy (non-hydrogen) atoms. The van der Waals surface area contributed by atoms with E-state index >= 15 is 0 Å². The molecule has 1 aromatic rings. The van der Waals surface area contributed by atoms with Crippen molar-refractivity contribution in [2.24, 2.45) is 5.92 Å². The first kappa shape index (κ1) is 11.9. The smallest absolute Gasteiger partial charge is 0.179 e. The molecule has 0 aromatic heterocycles. The fourth-order valence-electron chi connectivity index (χ4n) is 1.99. The highest BCUT2D eigenvalue weighted by molar-refractivity contribution is 6.33. The molecule has 88 valence electrons. The van der Waals surface area contributed by atoms with Gasteiger partial charge in [-0.05, 0) is 29.9 Å². The average molecular weight is 261 g/mol. The lowest BCUT2D eigenvalue weighted by molar-refractivity contribution is 0.354. The van der Waals surface area contributed by atoms with E-state index < -0.39 is 0 Å². The fourth-order valence-corrected chi connectivity index (χ4v) is 2.70. The van der Waals surface area contributed by atoms with Gasteiger partial charge in [0.25, 0.3) is 0 Å². The molecule has 1 aliphatic carbocycles. The number of ether oxygens (including phenoxy) is 2. The Labute approximate surface area is 105 Å². The summed E-state index contributed by atoms with van der Waals surface area (Å²) in [7, 11) is 3.20. The van der Waals surface area contributed by atoms with Gasteiger partial charge in [-0.15, -0.1) is 11.6 Å². The second-order valence-electron chi connectivity index (χ2n) is 3.96. The molecule has 0 N–H and O–H groups in total. The van der Waals surface area contributed by atoms with Crippen LogP contribution in [0.4, 0.5) is 0 Å². The summed E-state index contributed by atoms with van der Waals surface area (Å²) in [5.41, 5.74) is 1.12. The van der Waals surface area contributed by atoms with Gasteiger partial charge in [-0.3, -0.25) is 0 Å². The molecule has 1 fully saturated rings. The largest absolute Gasteiger partial charge is 0.493 e. The van der Waals surface area contributed by atoms with Crippen LogP contribution in [0.5, 0.6) is 11.5 Å². The summed E-state index contributed by atoms with van der Waals surface area (Å²) in [6.07, 6.45) is 1.11. The number of alkyl halides is 1. The van der Waals surface area contributed by atoms with Crippen molar-refractivity contribution in [3.63, 3.8) is 0 Å². The highest BCUT2D eigenvalue weighted by Gasteiger charge is 2.39. The molecule has 0 heterocycles. The van der Waals surface area contributed by atoms with E-state index in [0.29, 0.717) is 34.2 Å². The second kappa shape index (κ2) is 4.72. The Kier molecular flexibility index (Phi) is 3.50. The molecule has 0 amide bonds. The van der Waals surface area contributed by atoms with Crippen LogP contribution < -0.4 is 9.47 Å². The molecule has 0 aliphatic heterocycles. The molecule has 1 aromatic carbocycles. The van der Waals surface area contributed by atoms with Crippen molar-refractivity contribution in [2.75, 3.05) is 20.1 Å². The zero-order valence-electron chi connectivity index (χ0n) is 9.30. The maximum atomic E-state index is 6.30. The Bertz CT molecular complexity index is 393. The van der Waals surface area contributed by atoms with Crippen molar-refractivity contribution in [3.8, 4) is 11.5 Å². The lowest BCUT2D eigenvalue weighted by Gasteiger charge is -2.12. The third-order valence-electron chi connectivity index (χ3n) is 3.04. The third-order valence-corrected chi connectivity index (χ3v) is 3.82. The van der Waals surface area contributed by atoms with Crippen molar-refractivity contribution in [2.45, 2.75) is 12.3 Å². The Morgan fingerprint density at radius 2 is 2.06 bits per heavy atom. The van der Waals surface area contributed by atoms with Gasteiger partial charge < -0.3 is 9.47 Å². The summed E-state index contributed by atoms with van der Waals surface area (Å²) in [5, 5.41) is 0.652. The number of hydrogen-bond acceptors (Lipinski definition) is 2. The molecule has 0 saturated heterocycles. The minimum absolute atomic E-state index is 0.477. The molecule has 0 radical (unpaired) electrons. The van der Waals surface area contributed by atoms with Crippen LogP contribution >= 0.6 is 23.2 Å². The summed E-state index contributed by atoms with van der Waals surface area (Å²) in [6.45, 7) is 0. The van der Waals surface area contributed by atoms with Crippen molar-refractivity contribution in [1.29, 1.82) is 0 Å². The van der Waals surface area contributed by atoms with Gasteiger partial charge in [0, 0.05) is 5.88 Å². The highest BCUT2D eigenvalue weighted by Crippen LogP contribution is 2.52. The highest BCUT2D eigenvalue weighted by atomic mass is 35.5. The Morgan fingerprint density at radius 1 is 1.31 bits per heavy atom. The van der Waals surface area contributed by atoms with E-state index in [1.54, 1.807) is 14.2 Å². The van der Waals surface area contributed by atoms with Crippen LogP contribution in [-0.2, 0) is 0 Å². The van der Waals surface area contributed by atoms with Crippen LogP contribution in [0.2, 0.25) is 5.02 Å². The van der Waals surface area contributed by atoms with Crippen molar-refractivity contribution in [3.05, 3.63) is 22.7 Å². The minimum Gasteiger partial charge on any atom is -0.493 e. The van der Waals surface area contributed by atoms with E-state index in [4.69, 9.17) is 32.7 Å². The minimum atomic E-state index is 0.477. The Hall–Kier alpha value is -0.600. The molecular weight excluding hydrogens is 247 g/mol. The molecule has 2 unspecified atom stereocenters. The van der Waals surface area contributed by atoms with Gasteiger partial charge in [-0.25, -0.2) is 0 Å². The first-order chi connectivity index (χ1) is 7.72. The van der Waals surface area contributed by atoms with Crippen molar-refractivity contribution >= 4 is 23.2 Å². The number of hydrogen-bond donors (Lipinski definition) is 0. The van der Waals surface area contributed by atoms with Crippen LogP contribution in [0, 0.1) is 5.92 Å². The number of halogens is 2. The number of rotatable bonds is 4. The second-order valence-corrected chi connectivity index (χ2v) is 4.65. The van der Waals surface area contributed by atoms with Gasteiger partial charge in [-0.1, -0.05) is 17.7 Å². The van der Waals surface area contributed by atoms with Gasteiger partial charge >= 0.3 is 0 Å². The normalized spacial score (nSPS) is 23.0. The van der Waals surface area contributed by atoms with E-state index in [2.05, 4.69) is 0 Å². The maximum absolute atomic E-state index is 6.30. The molecular formula is C12H14Cl2O2. The van der Waals surface area contributed by atoms with Crippen LogP contribution in [0.15, 0.2) is 12.1 Å². The van der Waals surface area contributed by atoms with E-state index in [1.807, 2.05) is 12.1 Å². The van der Waals surface area contributed by atoms with Gasteiger partial charge in [-0.2, -0.15) is 0 Å². The Morgan fingerprint density at radius 3 is 2.56 bits per heavy atom. The third kappa shape index (κ3) is 1.96. The summed E-state index contributed by atoms with van der Waals surface area (Å²) in [6, 6.07) is 3.89. The summed E-state index contributed by atoms with van der Waals surface area (Å²) < 4.78 is 10.5. The average Bonchev–Trinajstić information content (AvgIpc) is 3.07. The van der Waals surface area contributed by atoms with E-state index in [9.17, 15) is 0 Å². The van der Waals surface area contributed by atoms with E-state index in [0.717, 1.165) is 12.0 Å². The molecule has 1 aliphatic rings. The number of benzene rings is 1. The summed E-state index contributed by atoms with van der Waals surface area (Å²) >= 11 is 12.1. The maximum Gasteiger partial charge on any atom is 0.179 e. The van der Waals surface area contributed by atoms with Crippen molar-refractivity contribution < 1.29 is 9.47 Å². The Balaban J connectivity index is 2.34. The molecule has 4 heteroatoms. The topological polar surface area (TPSA) is 18.5 Å². The lowest BCUT2D eigenvalue weighted by Crippen LogP contribution is -1.95.